The van der Waals surface area contributed by atoms with Crippen molar-refractivity contribution < 1.29 is 14.3 Å². The Labute approximate surface area is 152 Å². The fraction of sp³-hybridized carbons (Fsp3) is 0.900. The van der Waals surface area contributed by atoms with E-state index >= 15 is 0 Å². The van der Waals surface area contributed by atoms with Crippen LogP contribution in [-0.2, 0) is 14.3 Å². The van der Waals surface area contributed by atoms with E-state index in [4.69, 9.17) is 4.74 Å². The minimum Gasteiger partial charge on any atom is -0.370 e. The van der Waals surface area contributed by atoms with E-state index in [9.17, 15) is 9.59 Å². The lowest BCUT2D eigenvalue weighted by Crippen LogP contribution is -2.56. The number of carbonyl (C=O) groups is 2. The van der Waals surface area contributed by atoms with Crippen LogP contribution in [0.5, 0.6) is 0 Å². The van der Waals surface area contributed by atoms with Crippen LogP contribution in [0.3, 0.4) is 0 Å². The van der Waals surface area contributed by atoms with Crippen molar-refractivity contribution in [2.45, 2.75) is 96.8 Å². The van der Waals surface area contributed by atoms with Crippen molar-refractivity contribution >= 4 is 11.8 Å². The maximum Gasteiger partial charge on any atom is 0.247 e. The molecule has 2 fully saturated rings. The Bertz CT molecular complexity index is 452. The lowest BCUT2D eigenvalue weighted by atomic mass is 9.78. The quantitative estimate of drug-likeness (QED) is 0.798. The zero-order valence-electron chi connectivity index (χ0n) is 16.5. The van der Waals surface area contributed by atoms with Crippen molar-refractivity contribution in [3.05, 3.63) is 0 Å². The number of nitrogens with one attached hydrogen (secondary N) is 1. The highest BCUT2D eigenvalue weighted by atomic mass is 16.5. The van der Waals surface area contributed by atoms with Crippen molar-refractivity contribution in [2.75, 3.05) is 13.1 Å². The van der Waals surface area contributed by atoms with Crippen LogP contribution in [-0.4, -0.2) is 47.6 Å². The van der Waals surface area contributed by atoms with E-state index in [0.717, 1.165) is 25.9 Å². The normalized spacial score (nSPS) is 22.3. The van der Waals surface area contributed by atoms with Crippen LogP contribution in [0.15, 0.2) is 0 Å². The number of rotatable bonds is 6. The average Bonchev–Trinajstić information content (AvgIpc) is 2.60. The second-order valence-corrected chi connectivity index (χ2v) is 8.33. The molecule has 0 radical (unpaired) electrons. The van der Waals surface area contributed by atoms with Gasteiger partial charge in [0, 0.05) is 20.0 Å². The number of likely N-dealkylation sites (tertiary alicyclic amines) is 1. The van der Waals surface area contributed by atoms with Gasteiger partial charge in [0.15, 0.2) is 0 Å². The summed E-state index contributed by atoms with van der Waals surface area (Å²) in [5, 5.41) is 2.85. The number of ether oxygens (including phenoxy) is 1. The van der Waals surface area contributed by atoms with E-state index in [1.54, 1.807) is 0 Å². The first kappa shape index (κ1) is 20.2. The van der Waals surface area contributed by atoms with Gasteiger partial charge in [-0.1, -0.05) is 19.3 Å². The number of hydrogen-bond acceptors (Lipinski definition) is 3. The van der Waals surface area contributed by atoms with Gasteiger partial charge in [-0.2, -0.15) is 0 Å². The highest BCUT2D eigenvalue weighted by molar-refractivity contribution is 5.87. The summed E-state index contributed by atoms with van der Waals surface area (Å²) in [6, 6.07) is -0.599. The average molecular weight is 353 g/mol. The summed E-state index contributed by atoms with van der Waals surface area (Å²) in [5.74, 6) is 0.342. The van der Waals surface area contributed by atoms with E-state index in [0.29, 0.717) is 5.92 Å². The van der Waals surface area contributed by atoms with Gasteiger partial charge in [-0.25, -0.2) is 0 Å². The van der Waals surface area contributed by atoms with Crippen LogP contribution in [0, 0.1) is 5.92 Å². The van der Waals surface area contributed by atoms with Crippen molar-refractivity contribution in [3.63, 3.8) is 0 Å². The summed E-state index contributed by atoms with van der Waals surface area (Å²) in [7, 11) is 0. The molecule has 1 heterocycles. The molecule has 0 spiro atoms. The van der Waals surface area contributed by atoms with E-state index in [-0.39, 0.29) is 23.5 Å². The largest absolute Gasteiger partial charge is 0.370 e. The molecule has 0 aromatic carbocycles. The smallest absolute Gasteiger partial charge is 0.247 e. The first-order valence-corrected chi connectivity index (χ1v) is 10.0. The molecule has 2 aliphatic rings. The van der Waals surface area contributed by atoms with E-state index < -0.39 is 6.04 Å². The fourth-order valence-corrected chi connectivity index (χ4v) is 4.35. The van der Waals surface area contributed by atoms with Gasteiger partial charge in [-0.15, -0.1) is 0 Å². The molecule has 2 rings (SSSR count). The third-order valence-electron chi connectivity index (χ3n) is 5.84. The van der Waals surface area contributed by atoms with E-state index in [1.165, 1.54) is 45.4 Å². The number of nitrogens with zero attached hydrogens (tertiary/aromatic N) is 1. The molecular formula is C20H36N2O3. The second-order valence-electron chi connectivity index (χ2n) is 8.33. The maximum absolute atomic E-state index is 13.0. The van der Waals surface area contributed by atoms with Crippen molar-refractivity contribution in [3.8, 4) is 0 Å². The van der Waals surface area contributed by atoms with Crippen LogP contribution in [0.2, 0.25) is 0 Å². The van der Waals surface area contributed by atoms with Gasteiger partial charge in [0.1, 0.15) is 6.04 Å². The van der Waals surface area contributed by atoms with Gasteiger partial charge >= 0.3 is 0 Å². The Morgan fingerprint density at radius 1 is 1.04 bits per heavy atom. The molecule has 2 unspecified atom stereocenters. The van der Waals surface area contributed by atoms with Gasteiger partial charge in [0.05, 0.1) is 11.7 Å². The third-order valence-corrected chi connectivity index (χ3v) is 5.84. The Morgan fingerprint density at radius 2 is 1.60 bits per heavy atom. The van der Waals surface area contributed by atoms with Gasteiger partial charge in [-0.3, -0.25) is 9.59 Å². The highest BCUT2D eigenvalue weighted by Gasteiger charge is 2.38. The number of piperidine rings is 1. The van der Waals surface area contributed by atoms with Gasteiger partial charge in [-0.05, 0) is 58.8 Å². The standard InChI is InChI=1S/C20H36N2O3/c1-15(25-20(3,4)17-11-7-5-8-12-17)18(21-16(2)23)19(24)22-13-9-6-10-14-22/h15,17-18H,5-14H2,1-4H3,(H,21,23). The van der Waals surface area contributed by atoms with Gasteiger partial charge < -0.3 is 15.0 Å². The molecule has 25 heavy (non-hydrogen) atoms. The molecule has 0 aromatic heterocycles. The molecule has 2 amide bonds. The SMILES string of the molecule is CC(=O)NC(C(=O)N1CCCCC1)C(C)OC(C)(C)C1CCCCC1. The van der Waals surface area contributed by atoms with Crippen LogP contribution < -0.4 is 5.32 Å². The molecule has 144 valence electrons. The first-order valence-electron chi connectivity index (χ1n) is 10.0. The summed E-state index contributed by atoms with van der Waals surface area (Å²) >= 11 is 0. The molecule has 0 aromatic rings. The van der Waals surface area contributed by atoms with Crippen LogP contribution >= 0.6 is 0 Å². The molecule has 1 aliphatic carbocycles. The molecule has 5 heteroatoms. The summed E-state index contributed by atoms with van der Waals surface area (Å²) in [6.45, 7) is 9.23. The van der Waals surface area contributed by atoms with Crippen molar-refractivity contribution in [1.82, 2.24) is 10.2 Å². The molecule has 1 saturated carbocycles. The van der Waals surface area contributed by atoms with Gasteiger partial charge in [0.2, 0.25) is 11.8 Å². The number of hydrogen-bond donors (Lipinski definition) is 1. The Kier molecular flexibility index (Phi) is 7.29. The maximum atomic E-state index is 13.0. The molecular weight excluding hydrogens is 316 g/mol. The lowest BCUT2D eigenvalue weighted by Gasteiger charge is -2.41. The first-order chi connectivity index (χ1) is 11.8. The molecule has 2 atom stereocenters. The molecule has 0 bridgehead atoms. The zero-order valence-corrected chi connectivity index (χ0v) is 16.5. The summed E-state index contributed by atoms with van der Waals surface area (Å²) in [4.78, 5) is 26.5. The van der Waals surface area contributed by atoms with Crippen LogP contribution in [0.4, 0.5) is 0 Å². The van der Waals surface area contributed by atoms with Crippen LogP contribution in [0.1, 0.15) is 79.1 Å². The predicted octanol–water partition coefficient (Wildman–Crippen LogP) is 3.27. The summed E-state index contributed by atoms with van der Waals surface area (Å²) < 4.78 is 6.39. The second kappa shape index (κ2) is 9.02. The third kappa shape index (κ3) is 5.70. The minimum atomic E-state index is -0.599. The predicted molar refractivity (Wildman–Crippen MR) is 99.2 cm³/mol. The summed E-state index contributed by atoms with van der Waals surface area (Å²) in [5.41, 5.74) is -0.279. The van der Waals surface area contributed by atoms with Crippen molar-refractivity contribution in [2.24, 2.45) is 5.92 Å². The Hall–Kier alpha value is -1.10. The van der Waals surface area contributed by atoms with E-state index in [2.05, 4.69) is 19.2 Å². The highest BCUT2D eigenvalue weighted by Crippen LogP contribution is 2.35. The van der Waals surface area contributed by atoms with Gasteiger partial charge in [0.25, 0.3) is 0 Å². The van der Waals surface area contributed by atoms with Crippen molar-refractivity contribution in [1.29, 1.82) is 0 Å². The molecule has 5 nitrogen and oxygen atoms in total. The molecule has 1 saturated heterocycles. The number of amides is 2. The number of carbonyl (C=O) groups excluding carboxylic acids is 2. The van der Waals surface area contributed by atoms with E-state index in [1.807, 2.05) is 11.8 Å². The van der Waals surface area contributed by atoms with Crippen LogP contribution in [0.25, 0.3) is 0 Å². The fourth-order valence-electron chi connectivity index (χ4n) is 4.35. The Morgan fingerprint density at radius 3 is 2.16 bits per heavy atom. The molecule has 1 N–H and O–H groups in total. The lowest BCUT2D eigenvalue weighted by molar-refractivity contribution is -0.152. The molecule has 1 aliphatic heterocycles. The summed E-state index contributed by atoms with van der Waals surface area (Å²) in [6.07, 6.45) is 9.12. The minimum absolute atomic E-state index is 0.00171. The Balaban J connectivity index is 2.04. The zero-order chi connectivity index (χ0) is 18.4. The topological polar surface area (TPSA) is 58.6 Å². The monoisotopic (exact) mass is 352 g/mol.